The molecule has 0 aliphatic carbocycles. The molecule has 7 nitrogen and oxygen atoms in total. The SMILES string of the molecule is CCOC(=O)c1cc(I)cc(-c2ccc(C)cn2)c1.CCOC(=O)c1cc(N)cc(-c2ccc(C)cn2)c1. The first kappa shape index (κ1) is 28.8. The molecule has 38 heavy (non-hydrogen) atoms. The highest BCUT2D eigenvalue weighted by atomic mass is 127. The number of nitrogens with zero attached hydrogens (tertiary/aromatic N) is 2. The topological polar surface area (TPSA) is 104 Å². The second kappa shape index (κ2) is 13.7. The van der Waals surface area contributed by atoms with Crippen molar-refractivity contribution in [1.82, 2.24) is 9.97 Å². The van der Waals surface area contributed by atoms with Crippen molar-refractivity contribution < 1.29 is 19.1 Å². The Bertz CT molecular complexity index is 1300. The van der Waals surface area contributed by atoms with Crippen LogP contribution in [0.25, 0.3) is 22.5 Å². The summed E-state index contributed by atoms with van der Waals surface area (Å²) in [5.41, 5.74) is 12.9. The molecule has 8 heteroatoms. The van der Waals surface area contributed by atoms with E-state index in [1.54, 1.807) is 38.2 Å². The molecule has 0 bridgehead atoms. The molecule has 0 saturated heterocycles. The van der Waals surface area contributed by atoms with Crippen LogP contribution in [0.15, 0.2) is 73.1 Å². The van der Waals surface area contributed by atoms with Crippen molar-refractivity contribution in [3.63, 3.8) is 0 Å². The van der Waals surface area contributed by atoms with Crippen molar-refractivity contribution in [3.05, 3.63) is 98.9 Å². The third-order valence-corrected chi connectivity index (χ3v) is 5.91. The van der Waals surface area contributed by atoms with Gasteiger partial charge in [-0.3, -0.25) is 9.97 Å². The summed E-state index contributed by atoms with van der Waals surface area (Å²) in [5.74, 6) is -0.669. The Kier molecular flexibility index (Phi) is 10.3. The van der Waals surface area contributed by atoms with E-state index in [2.05, 4.69) is 32.6 Å². The van der Waals surface area contributed by atoms with E-state index in [1.807, 2.05) is 62.5 Å². The number of hydrogen-bond acceptors (Lipinski definition) is 7. The minimum Gasteiger partial charge on any atom is -0.462 e. The first-order valence-corrected chi connectivity index (χ1v) is 13.2. The molecule has 0 aliphatic rings. The number of pyridine rings is 2. The number of halogens is 1. The number of aromatic nitrogens is 2. The Morgan fingerprint density at radius 1 is 0.737 bits per heavy atom. The third-order valence-electron chi connectivity index (χ3n) is 5.29. The number of carbonyl (C=O) groups excluding carboxylic acids is 2. The van der Waals surface area contributed by atoms with Gasteiger partial charge in [0.1, 0.15) is 0 Å². The quantitative estimate of drug-likeness (QED) is 0.146. The molecule has 0 radical (unpaired) electrons. The molecular weight excluding hydrogens is 593 g/mol. The zero-order chi connectivity index (χ0) is 27.7. The lowest BCUT2D eigenvalue weighted by Crippen LogP contribution is -2.05. The molecule has 0 aliphatic heterocycles. The van der Waals surface area contributed by atoms with Crippen molar-refractivity contribution in [3.8, 4) is 22.5 Å². The number of nitrogen functional groups attached to an aromatic ring is 1. The molecule has 0 amide bonds. The number of carbonyl (C=O) groups is 2. The van der Waals surface area contributed by atoms with Crippen molar-refractivity contribution >= 4 is 40.2 Å². The third kappa shape index (κ3) is 8.11. The maximum atomic E-state index is 11.8. The van der Waals surface area contributed by atoms with Crippen LogP contribution in [0.2, 0.25) is 0 Å². The Balaban J connectivity index is 0.000000211. The van der Waals surface area contributed by atoms with Gasteiger partial charge in [-0.25, -0.2) is 9.59 Å². The molecule has 2 aromatic carbocycles. The molecule has 2 heterocycles. The minimum absolute atomic E-state index is 0.297. The van der Waals surface area contributed by atoms with Gasteiger partial charge < -0.3 is 15.2 Å². The van der Waals surface area contributed by atoms with Gasteiger partial charge in [-0.2, -0.15) is 0 Å². The molecular formula is C30H30IN3O4. The maximum Gasteiger partial charge on any atom is 0.338 e. The average Bonchev–Trinajstić information content (AvgIpc) is 2.89. The van der Waals surface area contributed by atoms with Crippen molar-refractivity contribution in [2.75, 3.05) is 18.9 Å². The summed E-state index contributed by atoms with van der Waals surface area (Å²) in [4.78, 5) is 32.2. The van der Waals surface area contributed by atoms with Crippen LogP contribution in [0.4, 0.5) is 5.69 Å². The normalized spacial score (nSPS) is 10.2. The highest BCUT2D eigenvalue weighted by molar-refractivity contribution is 14.1. The first-order valence-electron chi connectivity index (χ1n) is 12.1. The van der Waals surface area contributed by atoms with Crippen molar-refractivity contribution in [2.45, 2.75) is 27.7 Å². The lowest BCUT2D eigenvalue weighted by molar-refractivity contribution is 0.0517. The Morgan fingerprint density at radius 3 is 1.66 bits per heavy atom. The molecule has 2 N–H and O–H groups in total. The number of aryl methyl sites for hydroxylation is 2. The molecule has 4 rings (SSSR count). The summed E-state index contributed by atoms with van der Waals surface area (Å²) in [5, 5.41) is 0. The fourth-order valence-electron chi connectivity index (χ4n) is 3.48. The standard InChI is InChI=1S/C15H14INO2.C15H16N2O2/c2*1-3-19-15(18)12-6-11(7-13(16)8-12)14-5-4-10(2)9-17-14/h4-9H,3H2,1-2H3;4-9H,3,16H2,1-2H3. The maximum absolute atomic E-state index is 11.8. The highest BCUT2D eigenvalue weighted by Crippen LogP contribution is 2.24. The lowest BCUT2D eigenvalue weighted by Gasteiger charge is -2.07. The van der Waals surface area contributed by atoms with Gasteiger partial charge in [0.15, 0.2) is 0 Å². The molecule has 0 fully saturated rings. The minimum atomic E-state index is -0.372. The number of rotatable bonds is 6. The summed E-state index contributed by atoms with van der Waals surface area (Å²) >= 11 is 2.19. The molecule has 4 aromatic rings. The largest absolute Gasteiger partial charge is 0.462 e. The van der Waals surface area contributed by atoms with E-state index in [4.69, 9.17) is 15.2 Å². The molecule has 0 atom stereocenters. The van der Waals surface area contributed by atoms with E-state index >= 15 is 0 Å². The number of benzene rings is 2. The highest BCUT2D eigenvalue weighted by Gasteiger charge is 2.11. The Labute approximate surface area is 236 Å². The number of esters is 2. The van der Waals surface area contributed by atoms with E-state index < -0.39 is 0 Å². The molecule has 0 unspecified atom stereocenters. The lowest BCUT2D eigenvalue weighted by atomic mass is 10.1. The first-order chi connectivity index (χ1) is 18.2. The second-order valence-corrected chi connectivity index (χ2v) is 9.70. The van der Waals surface area contributed by atoms with E-state index in [0.717, 1.165) is 37.2 Å². The number of ether oxygens (including phenoxy) is 2. The smallest absolute Gasteiger partial charge is 0.338 e. The van der Waals surface area contributed by atoms with Gasteiger partial charge in [0.2, 0.25) is 0 Å². The van der Waals surface area contributed by atoms with Gasteiger partial charge in [0, 0.05) is 32.8 Å². The van der Waals surface area contributed by atoms with Crippen LogP contribution < -0.4 is 5.73 Å². The molecule has 0 saturated carbocycles. The average molecular weight is 623 g/mol. The van der Waals surface area contributed by atoms with Crippen LogP contribution in [0, 0.1) is 17.4 Å². The zero-order valence-electron chi connectivity index (χ0n) is 21.8. The number of hydrogen-bond donors (Lipinski definition) is 1. The van der Waals surface area contributed by atoms with Gasteiger partial charge in [0.25, 0.3) is 0 Å². The second-order valence-electron chi connectivity index (χ2n) is 8.45. The molecule has 0 spiro atoms. The predicted molar refractivity (Wildman–Crippen MR) is 158 cm³/mol. The van der Waals surface area contributed by atoms with Crippen LogP contribution in [-0.2, 0) is 9.47 Å². The summed E-state index contributed by atoms with van der Waals surface area (Å²) in [6, 6.07) is 18.6. The summed E-state index contributed by atoms with van der Waals surface area (Å²) in [7, 11) is 0. The van der Waals surface area contributed by atoms with Gasteiger partial charge in [0.05, 0.1) is 35.7 Å². The van der Waals surface area contributed by atoms with E-state index in [9.17, 15) is 9.59 Å². The summed E-state index contributed by atoms with van der Waals surface area (Å²) < 4.78 is 11.0. The number of anilines is 1. The number of nitrogens with two attached hydrogens (primary N) is 1. The van der Waals surface area contributed by atoms with Crippen molar-refractivity contribution in [1.29, 1.82) is 0 Å². The van der Waals surface area contributed by atoms with Crippen LogP contribution in [0.1, 0.15) is 45.7 Å². The van der Waals surface area contributed by atoms with Crippen LogP contribution in [0.5, 0.6) is 0 Å². The van der Waals surface area contributed by atoms with Gasteiger partial charge in [-0.1, -0.05) is 12.1 Å². The van der Waals surface area contributed by atoms with Crippen LogP contribution in [0.3, 0.4) is 0 Å². The van der Waals surface area contributed by atoms with Crippen LogP contribution in [-0.4, -0.2) is 35.1 Å². The zero-order valence-corrected chi connectivity index (χ0v) is 24.0. The fraction of sp³-hybridized carbons (Fsp3) is 0.200. The Hall–Kier alpha value is -3.79. The summed E-state index contributed by atoms with van der Waals surface area (Å²) in [6.07, 6.45) is 3.60. The van der Waals surface area contributed by atoms with Gasteiger partial charge >= 0.3 is 11.9 Å². The van der Waals surface area contributed by atoms with Crippen molar-refractivity contribution in [2.24, 2.45) is 0 Å². The van der Waals surface area contributed by atoms with Crippen LogP contribution >= 0.6 is 22.6 Å². The van der Waals surface area contributed by atoms with E-state index in [-0.39, 0.29) is 11.9 Å². The Morgan fingerprint density at radius 2 is 1.21 bits per heavy atom. The molecule has 196 valence electrons. The molecule has 2 aromatic heterocycles. The van der Waals surface area contributed by atoms with Gasteiger partial charge in [-0.15, -0.1) is 0 Å². The van der Waals surface area contributed by atoms with E-state index in [0.29, 0.717) is 30.0 Å². The summed E-state index contributed by atoms with van der Waals surface area (Å²) in [6.45, 7) is 8.25. The fourth-order valence-corrected chi connectivity index (χ4v) is 4.15. The predicted octanol–water partition coefficient (Wildman–Crippen LogP) is 6.65. The van der Waals surface area contributed by atoms with E-state index in [1.165, 1.54) is 0 Å². The monoisotopic (exact) mass is 623 g/mol. The van der Waals surface area contributed by atoms with Gasteiger partial charge in [-0.05, 0) is 110 Å².